The molecule has 6 heteroatoms. The summed E-state index contributed by atoms with van der Waals surface area (Å²) in [4.78, 5) is 24.5. The molecule has 0 unspecified atom stereocenters. The predicted octanol–water partition coefficient (Wildman–Crippen LogP) is 1.90. The van der Waals surface area contributed by atoms with Crippen molar-refractivity contribution in [3.63, 3.8) is 0 Å². The Balaban J connectivity index is 3.16. The SMILES string of the molecule is O=c1[nH]c2c(Cl)ccc(Br)c2c(=O)o1. The maximum Gasteiger partial charge on any atom is 0.419 e. The second-order valence-corrected chi connectivity index (χ2v) is 3.84. The first-order valence-corrected chi connectivity index (χ1v) is 4.78. The van der Waals surface area contributed by atoms with E-state index in [0.717, 1.165) is 0 Å². The maximum absolute atomic E-state index is 11.3. The summed E-state index contributed by atoms with van der Waals surface area (Å²) in [5, 5.41) is 0.533. The molecule has 0 radical (unpaired) electrons. The molecule has 0 aliphatic carbocycles. The van der Waals surface area contributed by atoms with Crippen LogP contribution in [0.2, 0.25) is 5.02 Å². The van der Waals surface area contributed by atoms with Crippen molar-refractivity contribution in [2.24, 2.45) is 0 Å². The molecule has 2 aromatic rings. The Labute approximate surface area is 90.6 Å². The number of H-pyrrole nitrogens is 1. The molecule has 0 aliphatic heterocycles. The van der Waals surface area contributed by atoms with Crippen molar-refractivity contribution in [3.8, 4) is 0 Å². The average Bonchev–Trinajstić information content (AvgIpc) is 2.10. The molecule has 0 atom stereocenters. The lowest BCUT2D eigenvalue weighted by atomic mass is 10.2. The maximum atomic E-state index is 11.3. The lowest BCUT2D eigenvalue weighted by molar-refractivity contribution is 0.460. The van der Waals surface area contributed by atoms with Gasteiger partial charge in [0, 0.05) is 4.47 Å². The van der Waals surface area contributed by atoms with Gasteiger partial charge in [-0.3, -0.25) is 4.98 Å². The monoisotopic (exact) mass is 275 g/mol. The van der Waals surface area contributed by atoms with Crippen LogP contribution in [0.15, 0.2) is 30.6 Å². The van der Waals surface area contributed by atoms with E-state index in [9.17, 15) is 9.59 Å². The zero-order valence-corrected chi connectivity index (χ0v) is 8.98. The molecule has 0 fully saturated rings. The quantitative estimate of drug-likeness (QED) is 0.799. The van der Waals surface area contributed by atoms with E-state index in [1.807, 2.05) is 0 Å². The summed E-state index contributed by atoms with van der Waals surface area (Å²) >= 11 is 8.97. The van der Waals surface area contributed by atoms with Crippen molar-refractivity contribution < 1.29 is 4.42 Å². The third kappa shape index (κ3) is 1.38. The first-order chi connectivity index (χ1) is 6.59. The van der Waals surface area contributed by atoms with Gasteiger partial charge in [-0.2, -0.15) is 0 Å². The molecule has 72 valence electrons. The highest BCUT2D eigenvalue weighted by Crippen LogP contribution is 2.24. The van der Waals surface area contributed by atoms with Crippen molar-refractivity contribution in [1.82, 2.24) is 4.98 Å². The minimum atomic E-state index is -0.817. The summed E-state index contributed by atoms with van der Waals surface area (Å²) in [5.74, 6) is -0.817. The Morgan fingerprint density at radius 3 is 2.79 bits per heavy atom. The molecule has 0 aliphatic rings. The molecule has 0 saturated carbocycles. The van der Waals surface area contributed by atoms with Crippen LogP contribution in [-0.4, -0.2) is 4.98 Å². The number of rotatable bonds is 0. The van der Waals surface area contributed by atoms with Crippen molar-refractivity contribution in [2.75, 3.05) is 0 Å². The Bertz CT molecular complexity index is 616. The summed E-state index contributed by atoms with van der Waals surface area (Å²) in [7, 11) is 0. The van der Waals surface area contributed by atoms with Crippen molar-refractivity contribution in [2.45, 2.75) is 0 Å². The van der Waals surface area contributed by atoms with Crippen molar-refractivity contribution in [3.05, 3.63) is 42.6 Å². The normalized spacial score (nSPS) is 10.7. The van der Waals surface area contributed by atoms with Crippen LogP contribution in [0.25, 0.3) is 10.9 Å². The van der Waals surface area contributed by atoms with Crippen LogP contribution in [0.5, 0.6) is 0 Å². The average molecular weight is 276 g/mol. The smallest absolute Gasteiger partial charge is 0.372 e. The highest BCUT2D eigenvalue weighted by molar-refractivity contribution is 9.10. The fourth-order valence-corrected chi connectivity index (χ4v) is 1.83. The summed E-state index contributed by atoms with van der Waals surface area (Å²) in [5.41, 5.74) is -0.430. The third-order valence-corrected chi connectivity index (χ3v) is 2.70. The molecule has 0 spiro atoms. The summed E-state index contributed by atoms with van der Waals surface area (Å²) in [6.45, 7) is 0. The van der Waals surface area contributed by atoms with E-state index < -0.39 is 11.4 Å². The number of nitrogens with one attached hydrogen (secondary N) is 1. The summed E-state index contributed by atoms with van der Waals surface area (Å²) in [6.07, 6.45) is 0. The van der Waals surface area contributed by atoms with Crippen LogP contribution < -0.4 is 11.4 Å². The van der Waals surface area contributed by atoms with Gasteiger partial charge in [0.05, 0.1) is 15.9 Å². The summed E-state index contributed by atoms with van der Waals surface area (Å²) < 4.78 is 4.90. The minimum Gasteiger partial charge on any atom is -0.372 e. The van der Waals surface area contributed by atoms with Crippen LogP contribution >= 0.6 is 27.5 Å². The van der Waals surface area contributed by atoms with Gasteiger partial charge in [0.2, 0.25) is 0 Å². The molecule has 4 nitrogen and oxygen atoms in total. The Hall–Kier alpha value is -1.07. The second-order valence-electron chi connectivity index (χ2n) is 2.58. The number of hydrogen-bond donors (Lipinski definition) is 1. The van der Waals surface area contributed by atoms with Gasteiger partial charge in [0.1, 0.15) is 0 Å². The molecule has 0 bridgehead atoms. The van der Waals surface area contributed by atoms with Crippen LogP contribution in [-0.2, 0) is 0 Å². The highest BCUT2D eigenvalue weighted by atomic mass is 79.9. The second kappa shape index (κ2) is 3.25. The van der Waals surface area contributed by atoms with E-state index in [0.29, 0.717) is 9.50 Å². The standard InChI is InChI=1S/C8H3BrClNO3/c9-3-1-2-4(10)6-5(3)7(12)14-8(13)11-6/h1-2H,(H,11,13). The molecule has 14 heavy (non-hydrogen) atoms. The van der Waals surface area contributed by atoms with Gasteiger partial charge in [0.25, 0.3) is 0 Å². The number of aromatic amines is 1. The number of aromatic nitrogens is 1. The fraction of sp³-hybridized carbons (Fsp3) is 0. The molecule has 1 aromatic heterocycles. The van der Waals surface area contributed by atoms with Crippen LogP contribution in [0.4, 0.5) is 0 Å². The molecule has 1 N–H and O–H groups in total. The number of fused-ring (bicyclic) bond motifs is 1. The Morgan fingerprint density at radius 1 is 1.36 bits per heavy atom. The van der Waals surface area contributed by atoms with E-state index in [-0.39, 0.29) is 10.9 Å². The molecular formula is C8H3BrClNO3. The van der Waals surface area contributed by atoms with Gasteiger partial charge >= 0.3 is 11.4 Å². The largest absolute Gasteiger partial charge is 0.419 e. The van der Waals surface area contributed by atoms with Gasteiger partial charge in [-0.15, -0.1) is 0 Å². The van der Waals surface area contributed by atoms with Gasteiger partial charge in [-0.25, -0.2) is 9.59 Å². The van der Waals surface area contributed by atoms with Gasteiger partial charge in [-0.1, -0.05) is 11.6 Å². The predicted molar refractivity (Wildman–Crippen MR) is 55.8 cm³/mol. The van der Waals surface area contributed by atoms with Gasteiger partial charge in [0.15, 0.2) is 0 Å². The van der Waals surface area contributed by atoms with E-state index in [4.69, 9.17) is 11.6 Å². The number of hydrogen-bond acceptors (Lipinski definition) is 3. The molecule has 0 amide bonds. The molecule has 0 saturated heterocycles. The highest BCUT2D eigenvalue weighted by Gasteiger charge is 2.09. The Kier molecular flexibility index (Phi) is 2.20. The number of halogens is 2. The van der Waals surface area contributed by atoms with Crippen molar-refractivity contribution >= 4 is 38.4 Å². The first kappa shape index (κ1) is 9.48. The van der Waals surface area contributed by atoms with Gasteiger partial charge in [-0.05, 0) is 28.1 Å². The zero-order valence-electron chi connectivity index (χ0n) is 6.64. The van der Waals surface area contributed by atoms with Crippen LogP contribution in [0.3, 0.4) is 0 Å². The zero-order chi connectivity index (χ0) is 10.3. The number of benzene rings is 1. The van der Waals surface area contributed by atoms with Crippen molar-refractivity contribution in [1.29, 1.82) is 0 Å². The molecule has 1 aromatic carbocycles. The molecule has 2 rings (SSSR count). The first-order valence-electron chi connectivity index (χ1n) is 3.61. The lowest BCUT2D eigenvalue weighted by Crippen LogP contribution is -2.14. The lowest BCUT2D eigenvalue weighted by Gasteiger charge is -1.99. The van der Waals surface area contributed by atoms with Crippen LogP contribution in [0, 0.1) is 0 Å². The van der Waals surface area contributed by atoms with Gasteiger partial charge < -0.3 is 4.42 Å². The topological polar surface area (TPSA) is 63.1 Å². The molecule has 1 heterocycles. The molecular weight excluding hydrogens is 273 g/mol. The van der Waals surface area contributed by atoms with E-state index in [2.05, 4.69) is 25.3 Å². The minimum absolute atomic E-state index is 0.233. The van der Waals surface area contributed by atoms with E-state index >= 15 is 0 Å². The fourth-order valence-electron chi connectivity index (χ4n) is 1.14. The van der Waals surface area contributed by atoms with E-state index in [1.54, 1.807) is 12.1 Å². The van der Waals surface area contributed by atoms with Crippen LogP contribution in [0.1, 0.15) is 0 Å². The third-order valence-electron chi connectivity index (χ3n) is 1.72. The summed E-state index contributed by atoms with van der Waals surface area (Å²) in [6, 6.07) is 3.18. The Morgan fingerprint density at radius 2 is 2.07 bits per heavy atom. The van der Waals surface area contributed by atoms with E-state index in [1.165, 1.54) is 0 Å².